The second-order valence-electron chi connectivity index (χ2n) is 11.2. The van der Waals surface area contributed by atoms with Gasteiger partial charge in [0.2, 0.25) is 5.89 Å². The second kappa shape index (κ2) is 10.8. The van der Waals surface area contributed by atoms with E-state index in [2.05, 4.69) is 64.6 Å². The molecule has 5 atom stereocenters. The minimum Gasteiger partial charge on any atom is -0.449 e. The molecule has 1 aliphatic heterocycles. The van der Waals surface area contributed by atoms with Gasteiger partial charge in [0.05, 0.1) is 18.3 Å². The summed E-state index contributed by atoms with van der Waals surface area (Å²) in [4.78, 5) is 19.4. The number of aryl methyl sites for hydroxylation is 1. The van der Waals surface area contributed by atoms with Gasteiger partial charge in [-0.2, -0.15) is 0 Å². The largest absolute Gasteiger partial charge is 0.449 e. The first-order chi connectivity index (χ1) is 16.3. The number of aldehydes is 1. The van der Waals surface area contributed by atoms with Crippen LogP contribution in [0.4, 0.5) is 0 Å². The zero-order valence-electron chi connectivity index (χ0n) is 22.5. The third-order valence-electron chi connectivity index (χ3n) is 7.41. The van der Waals surface area contributed by atoms with Crippen LogP contribution in [0.3, 0.4) is 0 Å². The van der Waals surface area contributed by atoms with Crippen molar-refractivity contribution < 1.29 is 22.8 Å². The van der Waals surface area contributed by atoms with Crippen LogP contribution in [-0.4, -0.2) is 42.9 Å². The van der Waals surface area contributed by atoms with Crippen molar-refractivity contribution in [2.45, 2.75) is 91.3 Å². The number of oxazole rings is 2. The van der Waals surface area contributed by atoms with E-state index in [1.54, 1.807) is 12.3 Å². The summed E-state index contributed by atoms with van der Waals surface area (Å²) in [6.07, 6.45) is 10.1. The Morgan fingerprint density at radius 1 is 1.11 bits per heavy atom. The average molecular weight is 501 g/mol. The van der Waals surface area contributed by atoms with Gasteiger partial charge in [0.25, 0.3) is 0 Å². The van der Waals surface area contributed by atoms with Crippen LogP contribution >= 0.6 is 0 Å². The van der Waals surface area contributed by atoms with Crippen LogP contribution in [-0.2, 0) is 9.16 Å². The molecule has 0 amide bonds. The smallest absolute Gasteiger partial charge is 0.218 e. The molecule has 2 aromatic rings. The van der Waals surface area contributed by atoms with E-state index >= 15 is 0 Å². The Balaban J connectivity index is 1.87. The number of hydrogen-bond acceptors (Lipinski definition) is 7. The van der Waals surface area contributed by atoms with E-state index in [0.29, 0.717) is 24.5 Å². The summed E-state index contributed by atoms with van der Waals surface area (Å²) in [6.45, 7) is 19.8. The summed E-state index contributed by atoms with van der Waals surface area (Å²) in [5.74, 6) is 1.41. The first kappa shape index (κ1) is 27.3. The van der Waals surface area contributed by atoms with Crippen molar-refractivity contribution in [2.24, 2.45) is 11.8 Å². The van der Waals surface area contributed by atoms with Gasteiger partial charge in [0.15, 0.2) is 20.5 Å². The number of carbonyl (C=O) groups is 1. The summed E-state index contributed by atoms with van der Waals surface area (Å²) in [7, 11) is -2.00. The fourth-order valence-corrected chi connectivity index (χ4v) is 5.78. The van der Waals surface area contributed by atoms with Gasteiger partial charge in [-0.3, -0.25) is 4.79 Å². The summed E-state index contributed by atoms with van der Waals surface area (Å²) >= 11 is 0. The van der Waals surface area contributed by atoms with E-state index in [0.717, 1.165) is 11.3 Å². The van der Waals surface area contributed by atoms with Crippen LogP contribution < -0.4 is 0 Å². The Morgan fingerprint density at radius 3 is 2.37 bits per heavy atom. The minimum atomic E-state index is -2.00. The van der Waals surface area contributed by atoms with Crippen molar-refractivity contribution in [1.29, 1.82) is 0 Å². The van der Waals surface area contributed by atoms with Crippen molar-refractivity contribution in [1.82, 2.24) is 9.97 Å². The molecule has 0 spiro atoms. The molecular formula is C27H40N2O5Si. The maximum atomic E-state index is 10.9. The Kier molecular flexibility index (Phi) is 8.39. The van der Waals surface area contributed by atoms with Gasteiger partial charge >= 0.3 is 0 Å². The monoisotopic (exact) mass is 500 g/mol. The summed E-state index contributed by atoms with van der Waals surface area (Å²) in [5, 5.41) is 0.111. The van der Waals surface area contributed by atoms with Crippen molar-refractivity contribution >= 4 is 26.8 Å². The van der Waals surface area contributed by atoms with Gasteiger partial charge in [-0.15, -0.1) is 0 Å². The van der Waals surface area contributed by atoms with Gasteiger partial charge in [-0.05, 0) is 49.2 Å². The van der Waals surface area contributed by atoms with Crippen molar-refractivity contribution in [2.75, 3.05) is 0 Å². The lowest BCUT2D eigenvalue weighted by Gasteiger charge is -2.49. The number of ether oxygens (including phenoxy) is 1. The lowest BCUT2D eigenvalue weighted by atomic mass is 9.79. The molecular weight excluding hydrogens is 460 g/mol. The number of aromatic nitrogens is 2. The highest BCUT2D eigenvalue weighted by Gasteiger charge is 2.47. The Bertz CT molecular complexity index is 1060. The third kappa shape index (κ3) is 6.48. The van der Waals surface area contributed by atoms with E-state index < -0.39 is 8.32 Å². The molecule has 3 rings (SSSR count). The van der Waals surface area contributed by atoms with Crippen LogP contribution in [0.25, 0.3) is 12.2 Å². The highest BCUT2D eigenvalue weighted by Crippen LogP contribution is 2.43. The number of hydrogen-bond donors (Lipinski definition) is 0. The number of rotatable bonds is 8. The predicted octanol–water partition coefficient (Wildman–Crippen LogP) is 6.72. The molecule has 0 saturated carbocycles. The van der Waals surface area contributed by atoms with E-state index in [1.807, 2.05) is 19.1 Å². The van der Waals surface area contributed by atoms with Crippen LogP contribution in [0.1, 0.15) is 75.9 Å². The standard InChI is InChI=1S/C27H40N2O5Si/c1-17(13-21-15-31-20(4)28-21)25-19(3)26(34-35(8,9)27(5,6)7)18(2)23(33-25)11-10-12-24-29-22(14-30)16-32-24/h10,12-16,18-19,23,25-26H,11H2,1-9H3/b12-10+,17-13+/t18-,19-,23+,25-,26-/m0/s1. The third-order valence-corrected chi connectivity index (χ3v) is 11.9. The van der Waals surface area contributed by atoms with Crippen molar-refractivity contribution in [3.8, 4) is 0 Å². The predicted molar refractivity (Wildman–Crippen MR) is 139 cm³/mol. The Labute approximate surface area is 210 Å². The number of nitrogens with zero attached hydrogens (tertiary/aromatic N) is 2. The topological polar surface area (TPSA) is 87.6 Å². The molecule has 0 radical (unpaired) electrons. The summed E-state index contributed by atoms with van der Waals surface area (Å²) in [5.41, 5.74) is 2.17. The maximum Gasteiger partial charge on any atom is 0.218 e. The quantitative estimate of drug-likeness (QED) is 0.294. The second-order valence-corrected chi connectivity index (χ2v) is 16.0. The molecule has 0 unspecified atom stereocenters. The molecule has 0 aromatic carbocycles. The summed E-state index contributed by atoms with van der Waals surface area (Å²) in [6, 6.07) is 0. The van der Waals surface area contributed by atoms with Crippen molar-refractivity contribution in [3.05, 3.63) is 47.3 Å². The van der Waals surface area contributed by atoms with Crippen LogP contribution in [0.5, 0.6) is 0 Å². The molecule has 8 heteroatoms. The highest BCUT2D eigenvalue weighted by molar-refractivity contribution is 6.74. The average Bonchev–Trinajstić information content (AvgIpc) is 3.40. The molecule has 3 heterocycles. The zero-order chi connectivity index (χ0) is 26.0. The Hall–Kier alpha value is -2.29. The lowest BCUT2D eigenvalue weighted by molar-refractivity contribution is -0.143. The molecule has 0 bridgehead atoms. The van der Waals surface area contributed by atoms with Gasteiger partial charge in [-0.25, -0.2) is 9.97 Å². The fourth-order valence-electron chi connectivity index (χ4n) is 4.32. The van der Waals surface area contributed by atoms with E-state index in [4.69, 9.17) is 18.0 Å². The fraction of sp³-hybridized carbons (Fsp3) is 0.593. The summed E-state index contributed by atoms with van der Waals surface area (Å²) < 4.78 is 24.4. The molecule has 2 aromatic heterocycles. The van der Waals surface area contributed by atoms with Gasteiger partial charge in [-0.1, -0.05) is 40.7 Å². The van der Waals surface area contributed by atoms with Crippen LogP contribution in [0.2, 0.25) is 18.1 Å². The minimum absolute atomic E-state index is 0.0508. The molecule has 1 aliphatic rings. The molecule has 7 nitrogen and oxygen atoms in total. The maximum absolute atomic E-state index is 10.9. The molecule has 35 heavy (non-hydrogen) atoms. The van der Waals surface area contributed by atoms with Crippen LogP contribution in [0, 0.1) is 18.8 Å². The van der Waals surface area contributed by atoms with Gasteiger partial charge in [0, 0.05) is 18.8 Å². The van der Waals surface area contributed by atoms with E-state index in [-0.39, 0.29) is 40.9 Å². The van der Waals surface area contributed by atoms with Crippen molar-refractivity contribution in [3.63, 3.8) is 0 Å². The molecule has 0 N–H and O–H groups in total. The Morgan fingerprint density at radius 2 is 1.80 bits per heavy atom. The van der Waals surface area contributed by atoms with Gasteiger partial charge in [0.1, 0.15) is 23.9 Å². The van der Waals surface area contributed by atoms with Crippen LogP contribution in [0.15, 0.2) is 33.0 Å². The zero-order valence-corrected chi connectivity index (χ0v) is 23.5. The molecule has 192 valence electrons. The molecule has 1 saturated heterocycles. The lowest BCUT2D eigenvalue weighted by Crippen LogP contribution is -2.55. The molecule has 1 fully saturated rings. The SMILES string of the molecule is C/C(=C\c1coc(C)n1)[C@@H]1O[C@H](C/C=C/c2nc(C=O)co2)[C@H](C)[C@H](O[Si](C)(C)C(C)(C)C)[C@H]1C. The first-order valence-electron chi connectivity index (χ1n) is 12.3. The van der Waals surface area contributed by atoms with E-state index in [9.17, 15) is 4.79 Å². The highest BCUT2D eigenvalue weighted by atomic mass is 28.4. The number of carbonyl (C=O) groups excluding carboxylic acids is 1. The van der Waals surface area contributed by atoms with E-state index in [1.165, 1.54) is 6.26 Å². The normalized spacial score (nSPS) is 26.4. The molecule has 0 aliphatic carbocycles. The van der Waals surface area contributed by atoms with Gasteiger partial charge < -0.3 is 18.0 Å². The first-order valence-corrected chi connectivity index (χ1v) is 15.2.